The highest BCUT2D eigenvalue weighted by molar-refractivity contribution is 5.94. The molecule has 0 atom stereocenters. The van der Waals surface area contributed by atoms with E-state index >= 15 is 0 Å². The van der Waals surface area contributed by atoms with Crippen molar-refractivity contribution in [2.24, 2.45) is 0 Å². The molecule has 7 nitrogen and oxygen atoms in total. The number of carbonyl (C=O) groups excluding carboxylic acids is 1. The molecular formula is C21H22N2O5. The molecule has 0 aliphatic heterocycles. The maximum Gasteiger partial charge on any atom is 0.253 e. The number of nitrogens with one attached hydrogen (secondary N) is 1. The summed E-state index contributed by atoms with van der Waals surface area (Å²) in [5, 5.41) is 0.847. The molecule has 28 heavy (non-hydrogen) atoms. The highest BCUT2D eigenvalue weighted by atomic mass is 16.5. The number of fused-ring (bicyclic) bond motifs is 1. The number of aromatic nitrogens is 1. The molecule has 0 aliphatic rings. The van der Waals surface area contributed by atoms with E-state index < -0.39 is 0 Å². The Morgan fingerprint density at radius 1 is 1.00 bits per heavy atom. The van der Waals surface area contributed by atoms with Crippen LogP contribution in [0.2, 0.25) is 0 Å². The van der Waals surface area contributed by atoms with Crippen LogP contribution in [0, 0.1) is 0 Å². The van der Waals surface area contributed by atoms with Crippen molar-refractivity contribution in [3.8, 4) is 11.5 Å². The number of nitrogens with zero attached hydrogens (tertiary/aromatic N) is 1. The normalized spacial score (nSPS) is 10.7. The van der Waals surface area contributed by atoms with Gasteiger partial charge in [0.2, 0.25) is 0 Å². The monoisotopic (exact) mass is 382 g/mol. The highest BCUT2D eigenvalue weighted by Crippen LogP contribution is 2.24. The fraction of sp³-hybridized carbons (Fsp3) is 0.238. The van der Waals surface area contributed by atoms with Gasteiger partial charge in [0.05, 0.1) is 26.3 Å². The molecule has 7 heteroatoms. The zero-order valence-electron chi connectivity index (χ0n) is 16.0. The van der Waals surface area contributed by atoms with E-state index in [0.717, 1.165) is 5.39 Å². The lowest BCUT2D eigenvalue weighted by atomic mass is 10.1. The van der Waals surface area contributed by atoms with Gasteiger partial charge in [0, 0.05) is 30.5 Å². The molecule has 0 saturated heterocycles. The topological polar surface area (TPSA) is 80.9 Å². The van der Waals surface area contributed by atoms with Gasteiger partial charge in [-0.05, 0) is 35.7 Å². The molecule has 0 aliphatic carbocycles. The minimum Gasteiger partial charge on any atom is -0.497 e. The standard InChI is InChI=1S/C21H22N2O5/c1-26-13-20(24)23(16-5-4-6-17(10-16)27-2)12-15-9-14-7-8-18(28-3)11-19(14)22-21(15)25/h4-11H,12-13H2,1-3H3,(H,22,25). The van der Waals surface area contributed by atoms with Crippen molar-refractivity contribution in [1.82, 2.24) is 4.98 Å². The van der Waals surface area contributed by atoms with E-state index in [1.54, 1.807) is 50.6 Å². The van der Waals surface area contributed by atoms with E-state index in [1.807, 2.05) is 12.1 Å². The molecule has 0 radical (unpaired) electrons. The van der Waals surface area contributed by atoms with Gasteiger partial charge in [-0.3, -0.25) is 9.59 Å². The highest BCUT2D eigenvalue weighted by Gasteiger charge is 2.18. The van der Waals surface area contributed by atoms with Crippen LogP contribution in [0.5, 0.6) is 11.5 Å². The summed E-state index contributed by atoms with van der Waals surface area (Å²) in [4.78, 5) is 29.6. The van der Waals surface area contributed by atoms with Crippen molar-refractivity contribution < 1.29 is 19.0 Å². The third-order valence-corrected chi connectivity index (χ3v) is 4.39. The number of anilines is 1. The number of H-pyrrole nitrogens is 1. The summed E-state index contributed by atoms with van der Waals surface area (Å²) in [5.41, 5.74) is 1.49. The molecule has 0 spiro atoms. The van der Waals surface area contributed by atoms with Crippen LogP contribution in [0.15, 0.2) is 53.3 Å². The van der Waals surface area contributed by atoms with Gasteiger partial charge in [-0.15, -0.1) is 0 Å². The molecule has 1 amide bonds. The first-order chi connectivity index (χ1) is 13.5. The summed E-state index contributed by atoms with van der Waals surface area (Å²) in [7, 11) is 4.59. The van der Waals surface area contributed by atoms with Crippen LogP contribution in [-0.4, -0.2) is 38.8 Å². The minimum absolute atomic E-state index is 0.0973. The number of hydrogen-bond acceptors (Lipinski definition) is 5. The predicted molar refractivity (Wildman–Crippen MR) is 107 cm³/mol. The summed E-state index contributed by atoms with van der Waals surface area (Å²) in [5.74, 6) is 1.02. The van der Waals surface area contributed by atoms with Crippen LogP contribution < -0.4 is 19.9 Å². The molecule has 1 aromatic heterocycles. The first-order valence-electron chi connectivity index (χ1n) is 8.69. The van der Waals surface area contributed by atoms with Crippen LogP contribution in [0.25, 0.3) is 10.9 Å². The third kappa shape index (κ3) is 4.15. The van der Waals surface area contributed by atoms with Gasteiger partial charge < -0.3 is 24.1 Å². The summed E-state index contributed by atoms with van der Waals surface area (Å²) < 4.78 is 15.4. The number of carbonyl (C=O) groups is 1. The first-order valence-corrected chi connectivity index (χ1v) is 8.69. The van der Waals surface area contributed by atoms with Gasteiger partial charge in [-0.2, -0.15) is 0 Å². The molecule has 3 aromatic rings. The lowest BCUT2D eigenvalue weighted by Crippen LogP contribution is -2.35. The number of rotatable bonds is 7. The fourth-order valence-corrected chi connectivity index (χ4v) is 2.94. The van der Waals surface area contributed by atoms with E-state index in [4.69, 9.17) is 14.2 Å². The Morgan fingerprint density at radius 3 is 2.46 bits per heavy atom. The quantitative estimate of drug-likeness (QED) is 0.680. The Hall–Kier alpha value is -3.32. The van der Waals surface area contributed by atoms with E-state index in [0.29, 0.717) is 28.3 Å². The van der Waals surface area contributed by atoms with Gasteiger partial charge in [0.25, 0.3) is 11.5 Å². The van der Waals surface area contributed by atoms with Crippen LogP contribution in [0.1, 0.15) is 5.56 Å². The summed E-state index contributed by atoms with van der Waals surface area (Å²) in [6.07, 6.45) is 0. The van der Waals surface area contributed by atoms with Gasteiger partial charge in [0.15, 0.2) is 0 Å². The average Bonchev–Trinajstić information content (AvgIpc) is 2.71. The predicted octanol–water partition coefficient (Wildman–Crippen LogP) is 2.72. The SMILES string of the molecule is COCC(=O)N(Cc1cc2ccc(OC)cc2[nH]c1=O)c1cccc(OC)c1. The Bertz CT molecular complexity index is 1040. The van der Waals surface area contributed by atoms with Crippen LogP contribution in [0.4, 0.5) is 5.69 Å². The first kappa shape index (κ1) is 19.4. The fourth-order valence-electron chi connectivity index (χ4n) is 2.94. The molecular weight excluding hydrogens is 360 g/mol. The number of amides is 1. The number of benzene rings is 2. The molecule has 2 aromatic carbocycles. The third-order valence-electron chi connectivity index (χ3n) is 4.39. The largest absolute Gasteiger partial charge is 0.497 e. The van der Waals surface area contributed by atoms with Gasteiger partial charge in [-0.25, -0.2) is 0 Å². The van der Waals surface area contributed by atoms with Crippen molar-refractivity contribution in [3.63, 3.8) is 0 Å². The van der Waals surface area contributed by atoms with Crippen molar-refractivity contribution in [1.29, 1.82) is 0 Å². The van der Waals surface area contributed by atoms with Crippen molar-refractivity contribution in [2.45, 2.75) is 6.54 Å². The van der Waals surface area contributed by atoms with E-state index in [2.05, 4.69) is 4.98 Å². The van der Waals surface area contributed by atoms with Crippen LogP contribution in [-0.2, 0) is 16.1 Å². The molecule has 1 heterocycles. The Morgan fingerprint density at radius 2 is 1.75 bits per heavy atom. The lowest BCUT2D eigenvalue weighted by Gasteiger charge is -2.23. The summed E-state index contributed by atoms with van der Waals surface area (Å²) in [6.45, 7) is 0.00651. The molecule has 0 unspecified atom stereocenters. The minimum atomic E-state index is -0.265. The average molecular weight is 382 g/mol. The van der Waals surface area contributed by atoms with Gasteiger partial charge in [0.1, 0.15) is 18.1 Å². The smallest absolute Gasteiger partial charge is 0.253 e. The maximum atomic E-state index is 12.6. The van der Waals surface area contributed by atoms with Crippen molar-refractivity contribution in [3.05, 3.63) is 64.4 Å². The lowest BCUT2D eigenvalue weighted by molar-refractivity contribution is -0.122. The second-order valence-corrected chi connectivity index (χ2v) is 6.19. The molecule has 0 fully saturated rings. The van der Waals surface area contributed by atoms with Gasteiger partial charge in [-0.1, -0.05) is 6.07 Å². The number of methoxy groups -OCH3 is 3. The Labute approximate surface area is 162 Å². The number of aromatic amines is 1. The second-order valence-electron chi connectivity index (χ2n) is 6.19. The summed E-state index contributed by atoms with van der Waals surface area (Å²) >= 11 is 0. The van der Waals surface area contributed by atoms with E-state index in [-0.39, 0.29) is 24.6 Å². The van der Waals surface area contributed by atoms with Crippen LogP contribution >= 0.6 is 0 Å². The van der Waals surface area contributed by atoms with E-state index in [9.17, 15) is 9.59 Å². The molecule has 146 valence electrons. The summed E-state index contributed by atoms with van der Waals surface area (Å²) in [6, 6.07) is 14.3. The second kappa shape index (κ2) is 8.58. The zero-order valence-corrected chi connectivity index (χ0v) is 16.0. The number of ether oxygens (including phenoxy) is 3. The van der Waals surface area contributed by atoms with Gasteiger partial charge >= 0.3 is 0 Å². The number of pyridine rings is 1. The van der Waals surface area contributed by atoms with Crippen LogP contribution in [0.3, 0.4) is 0 Å². The molecule has 3 rings (SSSR count). The molecule has 0 bridgehead atoms. The number of hydrogen-bond donors (Lipinski definition) is 1. The zero-order chi connectivity index (χ0) is 20.1. The molecule has 0 saturated carbocycles. The Balaban J connectivity index is 2.01. The molecule has 1 N–H and O–H groups in total. The van der Waals surface area contributed by atoms with Crippen molar-refractivity contribution in [2.75, 3.05) is 32.8 Å². The Kier molecular flexibility index (Phi) is 5.96. The van der Waals surface area contributed by atoms with E-state index in [1.165, 1.54) is 12.0 Å². The maximum absolute atomic E-state index is 12.6. The van der Waals surface area contributed by atoms with Crippen molar-refractivity contribution >= 4 is 22.5 Å².